The predicted octanol–water partition coefficient (Wildman–Crippen LogP) is 2.39. The maximum absolute atomic E-state index is 13.5. The van der Waals surface area contributed by atoms with Crippen molar-refractivity contribution in [3.63, 3.8) is 0 Å². The van der Waals surface area contributed by atoms with Gasteiger partial charge >= 0.3 is 0 Å². The van der Waals surface area contributed by atoms with Crippen molar-refractivity contribution in [2.75, 3.05) is 6.54 Å². The molecule has 0 radical (unpaired) electrons. The Labute approximate surface area is 217 Å². The van der Waals surface area contributed by atoms with Crippen LogP contribution in [-0.4, -0.2) is 52.3 Å². The van der Waals surface area contributed by atoms with Gasteiger partial charge in [0.15, 0.2) is 5.78 Å². The van der Waals surface area contributed by atoms with Gasteiger partial charge in [0.05, 0.1) is 6.10 Å². The molecular formula is C29H38N2O6. The Hall–Kier alpha value is -2.74. The van der Waals surface area contributed by atoms with Crippen molar-refractivity contribution in [1.82, 2.24) is 10.6 Å². The number of hydrogen-bond donors (Lipinski definition) is 4. The average molecular weight is 511 g/mol. The molecule has 0 aromatic heterocycles. The Kier molecular flexibility index (Phi) is 7.14. The Bertz CT molecular complexity index is 1080. The van der Waals surface area contributed by atoms with E-state index in [1.165, 1.54) is 18.6 Å². The highest BCUT2D eigenvalue weighted by molar-refractivity contribution is 6.27. The van der Waals surface area contributed by atoms with Gasteiger partial charge in [0, 0.05) is 18.9 Å². The van der Waals surface area contributed by atoms with E-state index in [1.807, 2.05) is 6.08 Å². The highest BCUT2D eigenvalue weighted by Gasteiger charge is 2.58. The first-order valence-electron chi connectivity index (χ1n) is 13.8. The monoisotopic (exact) mass is 510 g/mol. The summed E-state index contributed by atoms with van der Waals surface area (Å²) < 4.78 is 0. The molecule has 0 aromatic rings. The topological polar surface area (TPSA) is 133 Å². The molecule has 4 N–H and O–H groups in total. The third kappa shape index (κ3) is 4.58. The SMILES string of the molecule is CC[C@H]1C[C@@H]2C[C@@H]3[C@@H]4C/C=C\C(=O)NCCC(O)C5NC(=O)/C(=C(O)/C=C\[C@H]4CC(=O)[C@@H]3[C@@H]2[C@H]1C)C5=O. The van der Waals surface area contributed by atoms with Crippen LogP contribution in [0.2, 0.25) is 0 Å². The molecule has 8 heteroatoms. The number of amides is 2. The van der Waals surface area contributed by atoms with Crippen LogP contribution in [0.5, 0.6) is 0 Å². The molecule has 5 rings (SSSR count). The molecule has 37 heavy (non-hydrogen) atoms. The number of fused-ring (bicyclic) bond motifs is 7. The van der Waals surface area contributed by atoms with E-state index >= 15 is 0 Å². The van der Waals surface area contributed by atoms with Crippen LogP contribution >= 0.6 is 0 Å². The normalized spacial score (nSPS) is 46.0. The molecule has 10 atom stereocenters. The first-order chi connectivity index (χ1) is 17.7. The molecule has 0 spiro atoms. The fraction of sp³-hybridized carbons (Fsp3) is 0.655. The molecule has 2 amide bonds. The minimum absolute atomic E-state index is 0.0374. The lowest BCUT2D eigenvalue weighted by Gasteiger charge is -2.40. The molecule has 0 aromatic carbocycles. The number of aliphatic hydroxyl groups excluding tert-OH is 2. The second kappa shape index (κ2) is 10.2. The summed E-state index contributed by atoms with van der Waals surface area (Å²) in [6, 6.07) is -1.17. The summed E-state index contributed by atoms with van der Waals surface area (Å²) in [6.07, 6.45) is 9.70. The van der Waals surface area contributed by atoms with Gasteiger partial charge in [-0.2, -0.15) is 0 Å². The van der Waals surface area contributed by atoms with Crippen LogP contribution in [0.15, 0.2) is 35.6 Å². The van der Waals surface area contributed by atoms with Gasteiger partial charge in [-0.1, -0.05) is 32.4 Å². The van der Waals surface area contributed by atoms with Gasteiger partial charge in [0.2, 0.25) is 5.91 Å². The lowest BCUT2D eigenvalue weighted by molar-refractivity contribution is -0.131. The van der Waals surface area contributed by atoms with Crippen molar-refractivity contribution in [3.05, 3.63) is 35.6 Å². The first-order valence-corrected chi connectivity index (χ1v) is 13.8. The zero-order chi connectivity index (χ0) is 26.4. The quantitative estimate of drug-likeness (QED) is 0.401. The fourth-order valence-electron chi connectivity index (χ4n) is 8.25. The molecular weight excluding hydrogens is 472 g/mol. The second-order valence-electron chi connectivity index (χ2n) is 11.7. The van der Waals surface area contributed by atoms with Crippen molar-refractivity contribution < 1.29 is 29.4 Å². The predicted molar refractivity (Wildman–Crippen MR) is 136 cm³/mol. The van der Waals surface area contributed by atoms with E-state index < -0.39 is 29.6 Å². The average Bonchev–Trinajstić information content (AvgIpc) is 3.48. The lowest BCUT2D eigenvalue weighted by Crippen LogP contribution is -2.42. The number of Topliss-reactive ketones (excluding diaryl/α,β-unsaturated/α-hetero) is 2. The van der Waals surface area contributed by atoms with Gasteiger partial charge in [0.25, 0.3) is 5.91 Å². The zero-order valence-corrected chi connectivity index (χ0v) is 21.6. The second-order valence-corrected chi connectivity index (χ2v) is 11.7. The van der Waals surface area contributed by atoms with Gasteiger partial charge in [-0.25, -0.2) is 0 Å². The Morgan fingerprint density at radius 1 is 1.08 bits per heavy atom. The van der Waals surface area contributed by atoms with E-state index in [-0.39, 0.29) is 53.9 Å². The summed E-state index contributed by atoms with van der Waals surface area (Å²) in [5.74, 6) is 0.507. The van der Waals surface area contributed by atoms with Crippen LogP contribution in [0.3, 0.4) is 0 Å². The molecule has 3 aliphatic carbocycles. The van der Waals surface area contributed by atoms with Crippen LogP contribution < -0.4 is 10.6 Å². The summed E-state index contributed by atoms with van der Waals surface area (Å²) in [5.41, 5.74) is -0.372. The molecule has 2 unspecified atom stereocenters. The molecule has 5 aliphatic rings. The maximum atomic E-state index is 13.5. The zero-order valence-electron chi connectivity index (χ0n) is 21.6. The standard InChI is InChI=1S/C29H38N2O6/c1-3-15-11-17-12-19-18-5-4-6-23(35)30-10-9-21(33)27-28(36)26(29(37)31-27)20(32)8-7-16(18)13-22(34)25(19)24(17)14(15)2/h4,6-8,14-19,21,24-25,27,32-33H,3,5,9-13H2,1-2H3,(H,30,35)(H,31,37)/b6-4-,8-7-,26-20-/t14-,15-,16-,17+,18+,19+,21?,24+,25+,27?/m0/s1. The first kappa shape index (κ1) is 25.9. The molecule has 1 saturated heterocycles. The van der Waals surface area contributed by atoms with Crippen LogP contribution in [0, 0.1) is 47.3 Å². The van der Waals surface area contributed by atoms with Crippen molar-refractivity contribution in [1.29, 1.82) is 0 Å². The summed E-state index contributed by atoms with van der Waals surface area (Å²) in [4.78, 5) is 51.2. The van der Waals surface area contributed by atoms with Crippen molar-refractivity contribution >= 4 is 23.4 Å². The Morgan fingerprint density at radius 3 is 2.62 bits per heavy atom. The van der Waals surface area contributed by atoms with Gasteiger partial charge in [0.1, 0.15) is 23.2 Å². The maximum Gasteiger partial charge on any atom is 0.259 e. The van der Waals surface area contributed by atoms with Gasteiger partial charge < -0.3 is 20.8 Å². The number of aliphatic hydroxyl groups is 2. The molecule has 3 saturated carbocycles. The van der Waals surface area contributed by atoms with Crippen LogP contribution in [0.1, 0.15) is 52.4 Å². The minimum Gasteiger partial charge on any atom is -0.507 e. The lowest BCUT2D eigenvalue weighted by atomic mass is 9.63. The highest BCUT2D eigenvalue weighted by Crippen LogP contribution is 2.61. The molecule has 4 fully saturated rings. The molecule has 200 valence electrons. The fourth-order valence-corrected chi connectivity index (χ4v) is 8.25. The van der Waals surface area contributed by atoms with Crippen molar-refractivity contribution in [2.45, 2.75) is 64.5 Å². The van der Waals surface area contributed by atoms with Crippen LogP contribution in [-0.2, 0) is 19.2 Å². The third-order valence-electron chi connectivity index (χ3n) is 9.99. The Morgan fingerprint density at radius 2 is 1.86 bits per heavy atom. The molecule has 8 nitrogen and oxygen atoms in total. The largest absolute Gasteiger partial charge is 0.507 e. The van der Waals surface area contributed by atoms with E-state index in [2.05, 4.69) is 24.5 Å². The molecule has 2 aliphatic heterocycles. The highest BCUT2D eigenvalue weighted by atomic mass is 16.3. The number of rotatable bonds is 1. The van der Waals surface area contributed by atoms with E-state index in [4.69, 9.17) is 0 Å². The summed E-state index contributed by atoms with van der Waals surface area (Å²) in [6.45, 7) is 4.68. The Balaban J connectivity index is 1.47. The van der Waals surface area contributed by atoms with E-state index in [9.17, 15) is 29.4 Å². The number of ketones is 2. The molecule has 2 heterocycles. The van der Waals surface area contributed by atoms with Gasteiger partial charge in [-0.15, -0.1) is 0 Å². The summed E-state index contributed by atoms with van der Waals surface area (Å²) >= 11 is 0. The van der Waals surface area contributed by atoms with Crippen molar-refractivity contribution in [2.24, 2.45) is 47.3 Å². The number of carbonyl (C=O) groups is 4. The minimum atomic E-state index is -1.20. The summed E-state index contributed by atoms with van der Waals surface area (Å²) in [5, 5.41) is 26.3. The third-order valence-corrected chi connectivity index (χ3v) is 9.99. The number of carbonyl (C=O) groups excluding carboxylic acids is 4. The van der Waals surface area contributed by atoms with Gasteiger partial charge in [-0.05, 0) is 79.3 Å². The van der Waals surface area contributed by atoms with E-state index in [0.29, 0.717) is 36.5 Å². The van der Waals surface area contributed by atoms with E-state index in [0.717, 1.165) is 12.8 Å². The van der Waals surface area contributed by atoms with Crippen molar-refractivity contribution in [3.8, 4) is 0 Å². The number of allylic oxidation sites excluding steroid dienone is 3. The van der Waals surface area contributed by atoms with Gasteiger partial charge in [-0.3, -0.25) is 19.2 Å². The van der Waals surface area contributed by atoms with Crippen LogP contribution in [0.4, 0.5) is 0 Å². The van der Waals surface area contributed by atoms with E-state index in [1.54, 1.807) is 6.08 Å². The smallest absolute Gasteiger partial charge is 0.259 e. The number of hydrogen-bond acceptors (Lipinski definition) is 6. The van der Waals surface area contributed by atoms with Crippen LogP contribution in [0.25, 0.3) is 0 Å². The summed E-state index contributed by atoms with van der Waals surface area (Å²) in [7, 11) is 0. The molecule has 2 bridgehead atoms. The number of nitrogens with one attached hydrogen (secondary N) is 2.